The van der Waals surface area contributed by atoms with Crippen molar-refractivity contribution in [2.75, 3.05) is 17.7 Å². The first-order valence-electron chi connectivity index (χ1n) is 17.7. The fourth-order valence-corrected chi connectivity index (χ4v) is 8.40. The molecule has 0 saturated heterocycles. The van der Waals surface area contributed by atoms with Gasteiger partial charge in [-0.05, 0) is 86.1 Å². The van der Waals surface area contributed by atoms with Crippen molar-refractivity contribution in [1.29, 1.82) is 5.26 Å². The number of hydrogen-bond acceptors (Lipinski definition) is 19. The number of aryl methyl sites for hydroxylation is 1. The zero-order valence-corrected chi connectivity index (χ0v) is 36.4. The third kappa shape index (κ3) is 10.5. The SMILES string of the molecule is COc1cc(/N=N/c2cc(S(=O)(=O)O)c3cc([N+](=O)[O-])cc(S(=O)(=O)O)c3c2)c(C)cc1/N=N/c1c(Nc2ccc(S(=O)(=O)O)cc2)nc(Nc2ccc(S(=O)(=O)O)cc2)c(C#N)c1C. The molecule has 6 N–H and O–H groups in total. The van der Waals surface area contributed by atoms with Crippen LogP contribution in [0.25, 0.3) is 10.8 Å². The van der Waals surface area contributed by atoms with Crippen LogP contribution >= 0.6 is 0 Å². The van der Waals surface area contributed by atoms with E-state index in [1.807, 2.05) is 6.07 Å². The Morgan fingerprint density at radius 3 is 1.66 bits per heavy atom. The van der Waals surface area contributed by atoms with Crippen molar-refractivity contribution in [3.05, 3.63) is 112 Å². The number of non-ortho nitro benzene ring substituents is 1. The Kier molecular flexibility index (Phi) is 12.8. The second-order valence-electron chi connectivity index (χ2n) is 13.4. The molecule has 5 aromatic carbocycles. The number of fused-ring (bicyclic) bond motifs is 1. The van der Waals surface area contributed by atoms with E-state index in [4.69, 9.17) is 4.74 Å². The fourth-order valence-electron chi connectivity index (χ4n) is 6.01. The third-order valence-electron chi connectivity index (χ3n) is 9.12. The van der Waals surface area contributed by atoms with Crippen molar-refractivity contribution in [2.24, 2.45) is 20.5 Å². The number of nitro groups is 1. The molecule has 0 amide bonds. The molecule has 65 heavy (non-hydrogen) atoms. The van der Waals surface area contributed by atoms with E-state index in [-0.39, 0.29) is 62.6 Å². The van der Waals surface area contributed by atoms with Gasteiger partial charge in [0.2, 0.25) is 0 Å². The highest BCUT2D eigenvalue weighted by Gasteiger charge is 2.26. The second kappa shape index (κ2) is 17.7. The molecule has 28 heteroatoms. The van der Waals surface area contributed by atoms with Crippen LogP contribution in [0.3, 0.4) is 0 Å². The normalized spacial score (nSPS) is 12.4. The Labute approximate surface area is 368 Å². The van der Waals surface area contributed by atoms with Crippen LogP contribution in [-0.2, 0) is 40.5 Å². The number of anilines is 4. The summed E-state index contributed by atoms with van der Waals surface area (Å²) < 4.78 is 140. The number of nitrogens with one attached hydrogen (secondary N) is 2. The number of pyridine rings is 1. The number of nitriles is 1. The van der Waals surface area contributed by atoms with E-state index >= 15 is 0 Å². The van der Waals surface area contributed by atoms with E-state index in [0.717, 1.165) is 36.4 Å². The molecule has 6 aromatic rings. The standard InChI is InChI=1S/C37H29N9O15S4/c1-19-12-31(32(61-3)17-30(19)43-42-23-13-27-28(33(14-23)64(55,56)57)15-24(46(47)48)16-34(27)65(58,59)60)44-45-35-20(2)29(18-38)36(39-21-4-8-25(9-5-21)62(49,50)51)41-37(35)40-22-6-10-26(11-7-22)63(52,53)54/h4-17H,1-3H3,(H2,39,40,41)(H,49,50,51)(H,52,53,54)(H,55,56,57)(H,58,59,60)/b43-42+,45-44+. The number of aromatic nitrogens is 1. The number of methoxy groups -OCH3 is 1. The first-order valence-corrected chi connectivity index (χ1v) is 23.4. The molecule has 1 heterocycles. The van der Waals surface area contributed by atoms with E-state index < -0.39 is 81.4 Å². The maximum Gasteiger partial charge on any atom is 0.295 e. The number of benzene rings is 5. The molecule has 0 atom stereocenters. The lowest BCUT2D eigenvalue weighted by atomic mass is 10.1. The molecule has 1 aromatic heterocycles. The zero-order valence-electron chi connectivity index (χ0n) is 33.1. The lowest BCUT2D eigenvalue weighted by Gasteiger charge is -2.16. The number of nitro benzene ring substituents is 1. The fraction of sp³-hybridized carbons (Fsp3) is 0.0811. The summed E-state index contributed by atoms with van der Waals surface area (Å²) in [6.07, 6.45) is 0. The van der Waals surface area contributed by atoms with E-state index in [1.54, 1.807) is 6.92 Å². The number of azo groups is 2. The summed E-state index contributed by atoms with van der Waals surface area (Å²) in [5.74, 6) is -0.0664. The number of nitrogens with zero attached hydrogens (tertiary/aromatic N) is 7. The Morgan fingerprint density at radius 2 is 1.17 bits per heavy atom. The minimum Gasteiger partial charge on any atom is -0.494 e. The molecule has 0 radical (unpaired) electrons. The molecule has 0 bridgehead atoms. The van der Waals surface area contributed by atoms with Crippen LogP contribution in [0.4, 0.5) is 51.4 Å². The van der Waals surface area contributed by atoms with Crippen LogP contribution in [0.1, 0.15) is 16.7 Å². The van der Waals surface area contributed by atoms with E-state index in [9.17, 15) is 67.3 Å². The molecule has 24 nitrogen and oxygen atoms in total. The smallest absolute Gasteiger partial charge is 0.295 e. The van der Waals surface area contributed by atoms with E-state index in [1.165, 1.54) is 50.4 Å². The largest absolute Gasteiger partial charge is 0.494 e. The summed E-state index contributed by atoms with van der Waals surface area (Å²) in [5, 5.41) is 43.2. The third-order valence-corrected chi connectivity index (χ3v) is 12.6. The average Bonchev–Trinajstić information content (AvgIpc) is 3.21. The molecule has 0 aliphatic carbocycles. The molecule has 0 aliphatic heterocycles. The maximum absolute atomic E-state index is 12.4. The van der Waals surface area contributed by atoms with Gasteiger partial charge in [0.15, 0.2) is 11.6 Å². The highest BCUT2D eigenvalue weighted by molar-refractivity contribution is 7.86. The van der Waals surface area contributed by atoms with Gasteiger partial charge in [-0.1, -0.05) is 0 Å². The topological polar surface area (TPSA) is 380 Å². The lowest BCUT2D eigenvalue weighted by Crippen LogP contribution is -2.05. The predicted molar refractivity (Wildman–Crippen MR) is 229 cm³/mol. The molecule has 336 valence electrons. The number of rotatable bonds is 14. The van der Waals surface area contributed by atoms with Gasteiger partial charge in [-0.25, -0.2) is 4.98 Å². The van der Waals surface area contributed by atoms with Crippen LogP contribution in [-0.4, -0.2) is 68.9 Å². The second-order valence-corrected chi connectivity index (χ2v) is 19.0. The quantitative estimate of drug-likeness (QED) is 0.0261. The van der Waals surface area contributed by atoms with Crippen LogP contribution in [0, 0.1) is 35.3 Å². The molecular weight excluding hydrogens is 939 g/mol. The summed E-state index contributed by atoms with van der Waals surface area (Å²) in [6, 6.07) is 17.4. The minimum absolute atomic E-state index is 0.0170. The highest BCUT2D eigenvalue weighted by atomic mass is 32.2. The van der Waals surface area contributed by atoms with Crippen LogP contribution in [0.2, 0.25) is 0 Å². The molecular formula is C37H29N9O15S4. The van der Waals surface area contributed by atoms with Crippen molar-refractivity contribution in [1.82, 2.24) is 4.98 Å². The van der Waals surface area contributed by atoms with Gasteiger partial charge in [0.25, 0.3) is 46.2 Å². The highest BCUT2D eigenvalue weighted by Crippen LogP contribution is 2.42. The molecule has 0 saturated carbocycles. The van der Waals surface area contributed by atoms with Crippen molar-refractivity contribution in [3.63, 3.8) is 0 Å². The van der Waals surface area contributed by atoms with Gasteiger partial charge in [0, 0.05) is 45.9 Å². The summed E-state index contributed by atoms with van der Waals surface area (Å²) >= 11 is 0. The van der Waals surface area contributed by atoms with Crippen molar-refractivity contribution in [3.8, 4) is 11.8 Å². The lowest BCUT2D eigenvalue weighted by molar-refractivity contribution is -0.384. The summed E-state index contributed by atoms with van der Waals surface area (Å²) in [5.41, 5.74) is -0.145. The van der Waals surface area contributed by atoms with Crippen molar-refractivity contribution >= 4 is 103 Å². The van der Waals surface area contributed by atoms with Gasteiger partial charge < -0.3 is 15.4 Å². The van der Waals surface area contributed by atoms with Gasteiger partial charge >= 0.3 is 0 Å². The van der Waals surface area contributed by atoms with Gasteiger partial charge in [-0.2, -0.15) is 49.2 Å². The van der Waals surface area contributed by atoms with Gasteiger partial charge in [-0.3, -0.25) is 28.3 Å². The van der Waals surface area contributed by atoms with Crippen molar-refractivity contribution in [2.45, 2.75) is 33.4 Å². The van der Waals surface area contributed by atoms with E-state index in [2.05, 4.69) is 36.1 Å². The molecule has 0 aliphatic rings. The van der Waals surface area contributed by atoms with Crippen LogP contribution in [0.15, 0.2) is 125 Å². The molecule has 0 fully saturated rings. The monoisotopic (exact) mass is 967 g/mol. The van der Waals surface area contributed by atoms with Gasteiger partial charge in [0.1, 0.15) is 33.0 Å². The number of hydrogen-bond donors (Lipinski definition) is 6. The van der Waals surface area contributed by atoms with Gasteiger partial charge in [0.05, 0.1) is 38.8 Å². The Bertz CT molecular complexity index is 3530. The van der Waals surface area contributed by atoms with E-state index in [0.29, 0.717) is 17.7 Å². The molecule has 0 unspecified atom stereocenters. The van der Waals surface area contributed by atoms with Crippen molar-refractivity contribution < 1.29 is 61.5 Å². The van der Waals surface area contributed by atoms with Crippen LogP contribution in [0.5, 0.6) is 5.75 Å². The summed E-state index contributed by atoms with van der Waals surface area (Å²) in [4.78, 5) is 12.2. The Balaban J connectivity index is 1.43. The Morgan fingerprint density at radius 1 is 0.662 bits per heavy atom. The first kappa shape index (κ1) is 47.1. The zero-order chi connectivity index (χ0) is 47.8. The molecule has 0 spiro atoms. The first-order chi connectivity index (χ1) is 30.3. The molecule has 6 rings (SSSR count). The summed E-state index contributed by atoms with van der Waals surface area (Å²) in [7, 11) is -18.2. The average molecular weight is 968 g/mol. The van der Waals surface area contributed by atoms with Gasteiger partial charge in [-0.15, -0.1) is 10.2 Å². The maximum atomic E-state index is 12.4. The number of ether oxygens (including phenoxy) is 1. The Hall–Kier alpha value is -7.36. The predicted octanol–water partition coefficient (Wildman–Crippen LogP) is 7.94. The van der Waals surface area contributed by atoms with Crippen LogP contribution < -0.4 is 15.4 Å². The summed E-state index contributed by atoms with van der Waals surface area (Å²) in [6.45, 7) is 3.07. The minimum atomic E-state index is -5.20.